The minimum Gasteiger partial charge on any atom is -0.309 e. The van der Waals surface area contributed by atoms with Gasteiger partial charge in [0.05, 0.1) is 10.5 Å². The van der Waals surface area contributed by atoms with Gasteiger partial charge in [-0.05, 0) is 58.7 Å². The largest absolute Gasteiger partial charge is 0.309 e. The molecule has 0 amide bonds. The van der Waals surface area contributed by atoms with E-state index in [1.54, 1.807) is 12.1 Å². The number of hydrogen-bond acceptors (Lipinski definition) is 2. The van der Waals surface area contributed by atoms with Crippen molar-refractivity contribution in [3.05, 3.63) is 63.6 Å². The molecule has 1 aromatic heterocycles. The SMILES string of the molecule is CNC(c1cncc(C)c1)c1ccc(F)c(Br)c1. The van der Waals surface area contributed by atoms with Crippen LogP contribution in [-0.2, 0) is 0 Å². The first kappa shape index (κ1) is 13.2. The summed E-state index contributed by atoms with van der Waals surface area (Å²) in [6.07, 6.45) is 3.64. The number of benzene rings is 1. The van der Waals surface area contributed by atoms with E-state index in [1.807, 2.05) is 26.4 Å². The lowest BCUT2D eigenvalue weighted by molar-refractivity contribution is 0.616. The van der Waals surface area contributed by atoms with Crippen molar-refractivity contribution in [2.24, 2.45) is 0 Å². The molecule has 1 heterocycles. The van der Waals surface area contributed by atoms with Crippen LogP contribution in [0.5, 0.6) is 0 Å². The summed E-state index contributed by atoms with van der Waals surface area (Å²) in [6, 6.07) is 7.12. The molecule has 18 heavy (non-hydrogen) atoms. The normalized spacial score (nSPS) is 12.4. The average Bonchev–Trinajstić information content (AvgIpc) is 2.35. The molecule has 0 radical (unpaired) electrons. The Morgan fingerprint density at radius 3 is 2.61 bits per heavy atom. The predicted octanol–water partition coefficient (Wildman–Crippen LogP) is 3.60. The van der Waals surface area contributed by atoms with Gasteiger partial charge in [-0.2, -0.15) is 0 Å². The molecule has 94 valence electrons. The van der Waals surface area contributed by atoms with Gasteiger partial charge in [0.2, 0.25) is 0 Å². The zero-order chi connectivity index (χ0) is 13.1. The van der Waals surface area contributed by atoms with Crippen LogP contribution >= 0.6 is 15.9 Å². The van der Waals surface area contributed by atoms with Crippen molar-refractivity contribution in [3.8, 4) is 0 Å². The van der Waals surface area contributed by atoms with Gasteiger partial charge in [0.1, 0.15) is 5.82 Å². The molecule has 2 rings (SSSR count). The molecule has 0 fully saturated rings. The van der Waals surface area contributed by atoms with E-state index in [2.05, 4.69) is 32.3 Å². The zero-order valence-electron chi connectivity index (χ0n) is 10.2. The van der Waals surface area contributed by atoms with E-state index < -0.39 is 0 Å². The fraction of sp³-hybridized carbons (Fsp3) is 0.214. The van der Waals surface area contributed by atoms with Crippen molar-refractivity contribution >= 4 is 15.9 Å². The van der Waals surface area contributed by atoms with Crippen LogP contribution in [0.2, 0.25) is 0 Å². The third-order valence-electron chi connectivity index (χ3n) is 2.80. The van der Waals surface area contributed by atoms with Crippen molar-refractivity contribution in [1.82, 2.24) is 10.3 Å². The molecule has 0 spiro atoms. The molecule has 1 N–H and O–H groups in total. The van der Waals surface area contributed by atoms with Gasteiger partial charge in [-0.15, -0.1) is 0 Å². The van der Waals surface area contributed by atoms with Crippen LogP contribution in [0.4, 0.5) is 4.39 Å². The van der Waals surface area contributed by atoms with Crippen LogP contribution in [0, 0.1) is 12.7 Å². The maximum absolute atomic E-state index is 13.3. The van der Waals surface area contributed by atoms with Crippen molar-refractivity contribution in [2.75, 3.05) is 7.05 Å². The highest BCUT2D eigenvalue weighted by molar-refractivity contribution is 9.10. The molecule has 2 nitrogen and oxygen atoms in total. The summed E-state index contributed by atoms with van der Waals surface area (Å²) >= 11 is 3.21. The average molecular weight is 309 g/mol. The predicted molar refractivity (Wildman–Crippen MR) is 74.0 cm³/mol. The molecule has 0 saturated heterocycles. The van der Waals surface area contributed by atoms with E-state index in [4.69, 9.17) is 0 Å². The number of nitrogens with zero attached hydrogens (tertiary/aromatic N) is 1. The number of pyridine rings is 1. The highest BCUT2D eigenvalue weighted by Crippen LogP contribution is 2.25. The zero-order valence-corrected chi connectivity index (χ0v) is 11.8. The van der Waals surface area contributed by atoms with Crippen molar-refractivity contribution < 1.29 is 4.39 Å². The van der Waals surface area contributed by atoms with Gasteiger partial charge in [-0.3, -0.25) is 4.98 Å². The second-order valence-corrected chi connectivity index (χ2v) is 5.05. The van der Waals surface area contributed by atoms with Crippen LogP contribution < -0.4 is 5.32 Å². The van der Waals surface area contributed by atoms with E-state index in [0.717, 1.165) is 16.7 Å². The monoisotopic (exact) mass is 308 g/mol. The molecule has 0 bridgehead atoms. The Balaban J connectivity index is 2.42. The van der Waals surface area contributed by atoms with Crippen molar-refractivity contribution in [3.63, 3.8) is 0 Å². The van der Waals surface area contributed by atoms with Gasteiger partial charge in [0, 0.05) is 12.4 Å². The Hall–Kier alpha value is -1.26. The minimum absolute atomic E-state index is 0.00861. The Morgan fingerprint density at radius 1 is 1.22 bits per heavy atom. The molecular formula is C14H14BrFN2. The van der Waals surface area contributed by atoms with E-state index in [0.29, 0.717) is 4.47 Å². The lowest BCUT2D eigenvalue weighted by Crippen LogP contribution is -2.18. The summed E-state index contributed by atoms with van der Waals surface area (Å²) in [5, 5.41) is 3.23. The second-order valence-electron chi connectivity index (χ2n) is 4.19. The number of aryl methyl sites for hydroxylation is 1. The fourth-order valence-corrected chi connectivity index (χ4v) is 2.35. The van der Waals surface area contributed by atoms with Crippen LogP contribution in [0.15, 0.2) is 41.1 Å². The van der Waals surface area contributed by atoms with E-state index in [1.165, 1.54) is 6.07 Å². The molecule has 0 saturated carbocycles. The van der Waals surface area contributed by atoms with E-state index >= 15 is 0 Å². The van der Waals surface area contributed by atoms with E-state index in [-0.39, 0.29) is 11.9 Å². The standard InChI is InChI=1S/C14H14BrFN2/c1-9-5-11(8-18-7-9)14(17-2)10-3-4-13(16)12(15)6-10/h3-8,14,17H,1-2H3. The number of aromatic nitrogens is 1. The highest BCUT2D eigenvalue weighted by Gasteiger charge is 2.13. The molecular weight excluding hydrogens is 295 g/mol. The molecule has 0 aliphatic heterocycles. The summed E-state index contributed by atoms with van der Waals surface area (Å²) < 4.78 is 13.7. The van der Waals surface area contributed by atoms with Crippen molar-refractivity contribution in [1.29, 1.82) is 0 Å². The molecule has 1 aromatic carbocycles. The summed E-state index contributed by atoms with van der Waals surface area (Å²) in [4.78, 5) is 4.19. The van der Waals surface area contributed by atoms with Gasteiger partial charge in [0.15, 0.2) is 0 Å². The van der Waals surface area contributed by atoms with Crippen molar-refractivity contribution in [2.45, 2.75) is 13.0 Å². The quantitative estimate of drug-likeness (QED) is 0.937. The molecule has 1 unspecified atom stereocenters. The summed E-state index contributed by atoms with van der Waals surface area (Å²) in [7, 11) is 1.88. The Bertz CT molecular complexity index is 557. The fourth-order valence-electron chi connectivity index (χ4n) is 1.95. The molecule has 0 aliphatic carbocycles. The Kier molecular flexibility index (Phi) is 4.09. The molecule has 2 aromatic rings. The summed E-state index contributed by atoms with van der Waals surface area (Å²) in [5.74, 6) is -0.254. The van der Waals surface area contributed by atoms with Gasteiger partial charge in [0.25, 0.3) is 0 Å². The first-order chi connectivity index (χ1) is 8.61. The number of rotatable bonds is 3. The lowest BCUT2D eigenvalue weighted by Gasteiger charge is -2.17. The van der Waals surface area contributed by atoms with Crippen LogP contribution in [0.3, 0.4) is 0 Å². The lowest BCUT2D eigenvalue weighted by atomic mass is 9.99. The maximum Gasteiger partial charge on any atom is 0.137 e. The second kappa shape index (κ2) is 5.59. The molecule has 0 aliphatic rings. The third kappa shape index (κ3) is 2.76. The first-order valence-electron chi connectivity index (χ1n) is 5.65. The Labute approximate surface area is 114 Å². The third-order valence-corrected chi connectivity index (χ3v) is 3.40. The summed E-state index contributed by atoms with van der Waals surface area (Å²) in [5.41, 5.74) is 3.17. The van der Waals surface area contributed by atoms with Gasteiger partial charge in [-0.25, -0.2) is 4.39 Å². The number of halogens is 2. The highest BCUT2D eigenvalue weighted by atomic mass is 79.9. The molecule has 4 heteroatoms. The maximum atomic E-state index is 13.3. The topological polar surface area (TPSA) is 24.9 Å². The van der Waals surface area contributed by atoms with Gasteiger partial charge >= 0.3 is 0 Å². The minimum atomic E-state index is -0.254. The Morgan fingerprint density at radius 2 is 2.00 bits per heavy atom. The molecule has 1 atom stereocenters. The summed E-state index contributed by atoms with van der Waals surface area (Å²) in [6.45, 7) is 2.00. The van der Waals surface area contributed by atoms with Crippen LogP contribution in [-0.4, -0.2) is 12.0 Å². The number of hydrogen-bond donors (Lipinski definition) is 1. The van der Waals surface area contributed by atoms with Gasteiger partial charge < -0.3 is 5.32 Å². The van der Waals surface area contributed by atoms with Crippen LogP contribution in [0.1, 0.15) is 22.7 Å². The smallest absolute Gasteiger partial charge is 0.137 e. The van der Waals surface area contributed by atoms with Crippen LogP contribution in [0.25, 0.3) is 0 Å². The van der Waals surface area contributed by atoms with E-state index in [9.17, 15) is 4.39 Å². The number of nitrogens with one attached hydrogen (secondary N) is 1. The first-order valence-corrected chi connectivity index (χ1v) is 6.45. The van der Waals surface area contributed by atoms with Gasteiger partial charge in [-0.1, -0.05) is 12.1 Å².